The van der Waals surface area contributed by atoms with Gasteiger partial charge in [0.1, 0.15) is 0 Å². The molecule has 0 N–H and O–H groups in total. The van der Waals surface area contributed by atoms with Crippen molar-refractivity contribution in [1.29, 1.82) is 0 Å². The lowest BCUT2D eigenvalue weighted by Gasteiger charge is -2.14. The van der Waals surface area contributed by atoms with Crippen LogP contribution in [-0.2, 0) is 9.84 Å². The van der Waals surface area contributed by atoms with Gasteiger partial charge in [0.05, 0.1) is 9.80 Å². The molecule has 0 unspecified atom stereocenters. The zero-order chi connectivity index (χ0) is 15.9. The first-order valence-corrected chi connectivity index (χ1v) is 9.09. The van der Waals surface area contributed by atoms with Crippen LogP contribution in [0.2, 0.25) is 0 Å². The second kappa shape index (κ2) is 8.18. The van der Waals surface area contributed by atoms with Crippen molar-refractivity contribution in [3.05, 3.63) is 53.0 Å². The normalized spacial score (nSPS) is 12.9. The third-order valence-electron chi connectivity index (χ3n) is 3.64. The average molecular weight is 306 g/mol. The number of sulfone groups is 1. The molecule has 1 aromatic rings. The molecule has 1 rings (SSSR count). The van der Waals surface area contributed by atoms with E-state index in [1.165, 1.54) is 0 Å². The molecule has 0 bridgehead atoms. The Kier molecular flexibility index (Phi) is 6.90. The minimum absolute atomic E-state index is 0.382. The highest BCUT2D eigenvalue weighted by Crippen LogP contribution is 2.29. The Labute approximate surface area is 129 Å². The minimum atomic E-state index is -3.41. The van der Waals surface area contributed by atoms with E-state index in [1.807, 2.05) is 26.0 Å². The number of rotatable bonds is 8. The fourth-order valence-electron chi connectivity index (χ4n) is 2.34. The van der Waals surface area contributed by atoms with Crippen LogP contribution in [0.5, 0.6) is 0 Å². The third kappa shape index (κ3) is 4.57. The number of allylic oxidation sites excluding steroid dienone is 3. The quantitative estimate of drug-likeness (QED) is 0.619. The Morgan fingerprint density at radius 2 is 1.81 bits per heavy atom. The molecule has 0 radical (unpaired) electrons. The summed E-state index contributed by atoms with van der Waals surface area (Å²) >= 11 is 0. The fourth-order valence-corrected chi connectivity index (χ4v) is 4.08. The largest absolute Gasteiger partial charge is 0.219 e. The number of hydrogen-bond donors (Lipinski definition) is 0. The van der Waals surface area contributed by atoms with Crippen LogP contribution < -0.4 is 0 Å². The van der Waals surface area contributed by atoms with Crippen LogP contribution in [-0.4, -0.2) is 8.42 Å². The van der Waals surface area contributed by atoms with Crippen molar-refractivity contribution < 1.29 is 8.42 Å². The van der Waals surface area contributed by atoms with Crippen LogP contribution in [0.15, 0.2) is 52.3 Å². The highest BCUT2D eigenvalue weighted by atomic mass is 32.2. The van der Waals surface area contributed by atoms with Crippen molar-refractivity contribution in [3.8, 4) is 0 Å². The van der Waals surface area contributed by atoms with Gasteiger partial charge in [-0.2, -0.15) is 0 Å². The molecule has 116 valence electrons. The Bertz CT molecular complexity index is 593. The van der Waals surface area contributed by atoms with E-state index in [-0.39, 0.29) is 0 Å². The molecule has 3 heteroatoms. The van der Waals surface area contributed by atoms with Crippen molar-refractivity contribution in [3.63, 3.8) is 0 Å². The Balaban J connectivity index is 3.33. The molecule has 0 saturated heterocycles. The number of unbranched alkanes of at least 4 members (excludes halogenated alkanes) is 1. The molecule has 0 atom stereocenters. The van der Waals surface area contributed by atoms with E-state index in [0.717, 1.165) is 36.8 Å². The molecule has 0 spiro atoms. The first kappa shape index (κ1) is 17.7. The molecule has 0 aromatic heterocycles. The summed E-state index contributed by atoms with van der Waals surface area (Å²) in [5.74, 6) is 0. The van der Waals surface area contributed by atoms with E-state index in [0.29, 0.717) is 16.2 Å². The van der Waals surface area contributed by atoms with Gasteiger partial charge in [-0.05, 0) is 38.3 Å². The van der Waals surface area contributed by atoms with Gasteiger partial charge in [-0.1, -0.05) is 49.6 Å². The van der Waals surface area contributed by atoms with E-state index in [9.17, 15) is 8.42 Å². The van der Waals surface area contributed by atoms with E-state index < -0.39 is 9.84 Å². The molecular weight excluding hydrogens is 280 g/mol. The number of aryl methyl sites for hydroxylation is 1. The van der Waals surface area contributed by atoms with Gasteiger partial charge >= 0.3 is 0 Å². The monoisotopic (exact) mass is 306 g/mol. The van der Waals surface area contributed by atoms with Gasteiger partial charge in [0.2, 0.25) is 9.84 Å². The van der Waals surface area contributed by atoms with E-state index in [2.05, 4.69) is 13.5 Å². The van der Waals surface area contributed by atoms with Crippen LogP contribution in [0.1, 0.15) is 51.5 Å². The first-order valence-electron chi connectivity index (χ1n) is 7.60. The second-order valence-electron chi connectivity index (χ2n) is 5.29. The standard InChI is InChI=1S/C18H26O2S/c1-5-8-10-16(7-3)18(9-6-2)21(19,20)17-13-11-15(4)12-14-17/h6,11-14H,2,5,7-10H2,1,3-4H3/b18-16-. The summed E-state index contributed by atoms with van der Waals surface area (Å²) in [7, 11) is -3.41. The van der Waals surface area contributed by atoms with Gasteiger partial charge in [0.25, 0.3) is 0 Å². The predicted octanol–water partition coefficient (Wildman–Crippen LogP) is 5.20. The summed E-state index contributed by atoms with van der Waals surface area (Å²) in [5, 5.41) is 0. The Morgan fingerprint density at radius 1 is 1.19 bits per heavy atom. The molecule has 0 saturated carbocycles. The van der Waals surface area contributed by atoms with Gasteiger partial charge in [-0.15, -0.1) is 6.58 Å². The van der Waals surface area contributed by atoms with Crippen molar-refractivity contribution in [2.75, 3.05) is 0 Å². The molecule has 0 aliphatic heterocycles. The van der Waals surface area contributed by atoms with Crippen LogP contribution >= 0.6 is 0 Å². The zero-order valence-electron chi connectivity index (χ0n) is 13.4. The fraction of sp³-hybridized carbons (Fsp3) is 0.444. The summed E-state index contributed by atoms with van der Waals surface area (Å²) in [6.45, 7) is 9.82. The van der Waals surface area contributed by atoms with Crippen molar-refractivity contribution in [2.45, 2.75) is 57.8 Å². The smallest absolute Gasteiger partial charge is 0.203 e. The maximum atomic E-state index is 12.9. The summed E-state index contributed by atoms with van der Waals surface area (Å²) in [6.07, 6.45) is 5.80. The van der Waals surface area contributed by atoms with E-state index >= 15 is 0 Å². The highest BCUT2D eigenvalue weighted by Gasteiger charge is 2.22. The summed E-state index contributed by atoms with van der Waals surface area (Å²) in [5.41, 5.74) is 2.10. The maximum Gasteiger partial charge on any atom is 0.203 e. The van der Waals surface area contributed by atoms with Crippen molar-refractivity contribution in [1.82, 2.24) is 0 Å². The van der Waals surface area contributed by atoms with E-state index in [1.54, 1.807) is 18.2 Å². The lowest BCUT2D eigenvalue weighted by molar-refractivity contribution is 0.599. The summed E-state index contributed by atoms with van der Waals surface area (Å²) in [6, 6.07) is 7.08. The van der Waals surface area contributed by atoms with Crippen molar-refractivity contribution in [2.24, 2.45) is 0 Å². The minimum Gasteiger partial charge on any atom is -0.219 e. The number of benzene rings is 1. The molecule has 1 aromatic carbocycles. The van der Waals surface area contributed by atoms with Crippen LogP contribution in [0, 0.1) is 6.92 Å². The number of hydrogen-bond acceptors (Lipinski definition) is 2. The van der Waals surface area contributed by atoms with Crippen LogP contribution in [0.3, 0.4) is 0 Å². The zero-order valence-corrected chi connectivity index (χ0v) is 14.2. The predicted molar refractivity (Wildman–Crippen MR) is 90.0 cm³/mol. The molecule has 0 aliphatic carbocycles. The lowest BCUT2D eigenvalue weighted by Crippen LogP contribution is -2.08. The van der Waals surface area contributed by atoms with Crippen molar-refractivity contribution >= 4 is 9.84 Å². The molecule has 21 heavy (non-hydrogen) atoms. The van der Waals surface area contributed by atoms with Gasteiger partial charge in [0, 0.05) is 6.42 Å². The lowest BCUT2D eigenvalue weighted by atomic mass is 10.1. The van der Waals surface area contributed by atoms with Gasteiger partial charge in [0.15, 0.2) is 0 Å². The maximum absolute atomic E-state index is 12.9. The summed E-state index contributed by atoms with van der Waals surface area (Å²) in [4.78, 5) is 0.921. The third-order valence-corrected chi connectivity index (χ3v) is 5.64. The van der Waals surface area contributed by atoms with Gasteiger partial charge < -0.3 is 0 Å². The topological polar surface area (TPSA) is 34.1 Å². The Morgan fingerprint density at radius 3 is 2.29 bits per heavy atom. The first-order chi connectivity index (χ1) is 9.97. The van der Waals surface area contributed by atoms with E-state index in [4.69, 9.17) is 0 Å². The summed E-state index contributed by atoms with van der Waals surface area (Å²) < 4.78 is 25.8. The Hall–Kier alpha value is -1.35. The highest BCUT2D eigenvalue weighted by molar-refractivity contribution is 7.95. The van der Waals surface area contributed by atoms with Crippen LogP contribution in [0.4, 0.5) is 0 Å². The molecule has 0 amide bonds. The molecular formula is C18H26O2S. The van der Waals surface area contributed by atoms with Gasteiger partial charge in [-0.25, -0.2) is 8.42 Å². The molecule has 0 heterocycles. The average Bonchev–Trinajstić information content (AvgIpc) is 2.47. The SMILES string of the molecule is C=CC/C(=C(\CC)CCCC)S(=O)(=O)c1ccc(C)cc1. The molecule has 0 fully saturated rings. The molecule has 0 aliphatic rings. The molecule has 2 nitrogen and oxygen atoms in total. The second-order valence-corrected chi connectivity index (χ2v) is 7.26. The van der Waals surface area contributed by atoms with Crippen LogP contribution in [0.25, 0.3) is 0 Å². The van der Waals surface area contributed by atoms with Gasteiger partial charge in [-0.3, -0.25) is 0 Å².